The summed E-state index contributed by atoms with van der Waals surface area (Å²) in [5.74, 6) is -1.10. The number of aliphatic carboxylic acids is 1. The monoisotopic (exact) mass is 227 g/mol. The van der Waals surface area contributed by atoms with Crippen LogP contribution >= 0.6 is 0 Å². The summed E-state index contributed by atoms with van der Waals surface area (Å²) in [6.45, 7) is -0.201. The summed E-state index contributed by atoms with van der Waals surface area (Å²) >= 11 is 0. The van der Waals surface area contributed by atoms with Crippen LogP contribution in [0.15, 0.2) is 12.4 Å². The molecule has 7 nitrogen and oxygen atoms in total. The first-order chi connectivity index (χ1) is 7.67. The summed E-state index contributed by atoms with van der Waals surface area (Å²) in [6, 6.07) is -0.734. The topological polar surface area (TPSA) is 105 Å². The number of nitrogens with one attached hydrogen (secondary N) is 1. The fraction of sp³-hybridized carbons (Fsp3) is 0.444. The third-order valence-corrected chi connectivity index (χ3v) is 1.90. The first-order valence-electron chi connectivity index (χ1n) is 4.59. The number of carboxylic acids is 1. The molecule has 0 aliphatic heterocycles. The minimum atomic E-state index is -1.10. The van der Waals surface area contributed by atoms with E-state index in [0.717, 1.165) is 0 Å². The number of ether oxygens (including phenoxy) is 1. The number of nitrogens with zero attached hydrogens (tertiary/aromatic N) is 2. The van der Waals surface area contributed by atoms with Crippen molar-refractivity contribution >= 4 is 5.97 Å². The lowest BCUT2D eigenvalue weighted by Crippen LogP contribution is -2.39. The zero-order valence-electron chi connectivity index (χ0n) is 8.75. The number of carboxylic acid groups (broad SMARTS) is 1. The van der Waals surface area contributed by atoms with Crippen molar-refractivity contribution < 1.29 is 19.7 Å². The number of hydrogen-bond acceptors (Lipinski definition) is 6. The Kier molecular flexibility index (Phi) is 4.62. The number of hydrogen-bond donors (Lipinski definition) is 3. The average Bonchev–Trinajstić information content (AvgIpc) is 2.30. The van der Waals surface area contributed by atoms with Crippen molar-refractivity contribution in [2.75, 3.05) is 13.7 Å². The van der Waals surface area contributed by atoms with Gasteiger partial charge in [-0.05, 0) is 0 Å². The van der Waals surface area contributed by atoms with Crippen molar-refractivity contribution in [3.05, 3.63) is 18.0 Å². The Bertz CT molecular complexity index is 341. The molecular formula is C9H13N3O4. The summed E-state index contributed by atoms with van der Waals surface area (Å²) in [5, 5.41) is 20.1. The summed E-state index contributed by atoms with van der Waals surface area (Å²) in [5.41, 5.74) is 0.709. The van der Waals surface area contributed by atoms with Gasteiger partial charge < -0.3 is 14.9 Å². The molecule has 16 heavy (non-hydrogen) atoms. The molecule has 1 atom stereocenters. The first-order valence-corrected chi connectivity index (χ1v) is 4.59. The molecule has 3 N–H and O–H groups in total. The van der Waals surface area contributed by atoms with E-state index in [1.807, 2.05) is 0 Å². The number of aliphatic hydroxyl groups excluding tert-OH is 1. The van der Waals surface area contributed by atoms with Gasteiger partial charge in [0, 0.05) is 24.5 Å². The summed E-state index contributed by atoms with van der Waals surface area (Å²) in [4.78, 5) is 18.3. The second kappa shape index (κ2) is 5.99. The summed E-state index contributed by atoms with van der Waals surface area (Å²) < 4.78 is 4.78. The molecule has 1 aromatic rings. The zero-order chi connectivity index (χ0) is 12.0. The minimum Gasteiger partial charge on any atom is -0.480 e. The zero-order valence-corrected chi connectivity index (χ0v) is 8.75. The van der Waals surface area contributed by atoms with Crippen molar-refractivity contribution in [2.24, 2.45) is 0 Å². The Morgan fingerprint density at radius 1 is 1.56 bits per heavy atom. The fourth-order valence-electron chi connectivity index (χ4n) is 1.01. The minimum absolute atomic E-state index is 0.251. The molecule has 0 aliphatic rings. The number of methoxy groups -OCH3 is 1. The van der Waals surface area contributed by atoms with E-state index in [-0.39, 0.29) is 12.6 Å². The standard InChI is InChI=1S/C9H13N3O4/c1-16-9-11-3-6(4-12-9)2-10-7(5-13)8(14)15/h3-4,7,10,13H,2,5H2,1H3,(H,14,15). The average molecular weight is 227 g/mol. The van der Waals surface area contributed by atoms with E-state index in [9.17, 15) is 4.79 Å². The van der Waals surface area contributed by atoms with Gasteiger partial charge in [-0.2, -0.15) is 0 Å². The van der Waals surface area contributed by atoms with Gasteiger partial charge in [0.25, 0.3) is 0 Å². The van der Waals surface area contributed by atoms with Crippen LogP contribution in [-0.2, 0) is 11.3 Å². The number of aliphatic hydroxyl groups is 1. The molecule has 0 bridgehead atoms. The normalized spacial score (nSPS) is 12.1. The second-order valence-electron chi connectivity index (χ2n) is 3.03. The highest BCUT2D eigenvalue weighted by Crippen LogP contribution is 2.01. The molecule has 0 saturated heterocycles. The van der Waals surface area contributed by atoms with Crippen LogP contribution in [0, 0.1) is 0 Å². The van der Waals surface area contributed by atoms with Crippen molar-refractivity contribution in [1.82, 2.24) is 15.3 Å². The highest BCUT2D eigenvalue weighted by molar-refractivity contribution is 5.73. The maximum absolute atomic E-state index is 10.6. The number of aromatic nitrogens is 2. The summed E-state index contributed by atoms with van der Waals surface area (Å²) in [6.07, 6.45) is 3.05. The molecule has 0 spiro atoms. The van der Waals surface area contributed by atoms with Crippen LogP contribution in [0.1, 0.15) is 5.56 Å². The maximum atomic E-state index is 10.6. The van der Waals surface area contributed by atoms with Gasteiger partial charge in [-0.3, -0.25) is 10.1 Å². The van der Waals surface area contributed by atoms with Crippen LogP contribution in [-0.4, -0.2) is 45.9 Å². The first kappa shape index (κ1) is 12.3. The molecule has 7 heteroatoms. The lowest BCUT2D eigenvalue weighted by Gasteiger charge is -2.10. The largest absolute Gasteiger partial charge is 0.480 e. The smallest absolute Gasteiger partial charge is 0.323 e. The van der Waals surface area contributed by atoms with Gasteiger partial charge in [0.1, 0.15) is 6.04 Å². The van der Waals surface area contributed by atoms with Crippen LogP contribution in [0.5, 0.6) is 6.01 Å². The molecule has 88 valence electrons. The van der Waals surface area contributed by atoms with Gasteiger partial charge in [0.05, 0.1) is 13.7 Å². The Morgan fingerprint density at radius 2 is 2.19 bits per heavy atom. The third-order valence-electron chi connectivity index (χ3n) is 1.90. The van der Waals surface area contributed by atoms with E-state index in [2.05, 4.69) is 15.3 Å². The van der Waals surface area contributed by atoms with Crippen molar-refractivity contribution in [2.45, 2.75) is 12.6 Å². The quantitative estimate of drug-likeness (QED) is 0.573. The predicted octanol–water partition coefficient (Wildman–Crippen LogP) is -0.980. The molecule has 0 fully saturated rings. The molecule has 1 aromatic heterocycles. The molecule has 1 heterocycles. The fourth-order valence-corrected chi connectivity index (χ4v) is 1.01. The molecule has 0 saturated carbocycles. The van der Waals surface area contributed by atoms with E-state index in [4.69, 9.17) is 14.9 Å². The molecule has 0 aliphatic carbocycles. The van der Waals surface area contributed by atoms with Gasteiger partial charge in [0.15, 0.2) is 0 Å². The number of rotatable bonds is 6. The molecule has 1 unspecified atom stereocenters. The van der Waals surface area contributed by atoms with Gasteiger partial charge >= 0.3 is 12.0 Å². The van der Waals surface area contributed by atoms with Gasteiger partial charge in [-0.1, -0.05) is 0 Å². The van der Waals surface area contributed by atoms with E-state index >= 15 is 0 Å². The molecular weight excluding hydrogens is 214 g/mol. The van der Waals surface area contributed by atoms with Crippen molar-refractivity contribution in [3.63, 3.8) is 0 Å². The molecule has 1 rings (SSSR count). The van der Waals surface area contributed by atoms with Crippen molar-refractivity contribution in [3.8, 4) is 6.01 Å². The molecule has 0 amide bonds. The van der Waals surface area contributed by atoms with Gasteiger partial charge in [0.2, 0.25) is 0 Å². The van der Waals surface area contributed by atoms with Crippen LogP contribution in [0.2, 0.25) is 0 Å². The van der Waals surface area contributed by atoms with E-state index in [0.29, 0.717) is 5.56 Å². The lowest BCUT2D eigenvalue weighted by atomic mass is 10.3. The lowest BCUT2D eigenvalue weighted by molar-refractivity contribution is -0.140. The van der Waals surface area contributed by atoms with E-state index in [1.54, 1.807) is 0 Å². The Morgan fingerprint density at radius 3 is 2.62 bits per heavy atom. The number of carbonyl (C=O) groups is 1. The van der Waals surface area contributed by atoms with Crippen LogP contribution < -0.4 is 10.1 Å². The Labute approximate surface area is 92.1 Å². The Hall–Kier alpha value is -1.73. The van der Waals surface area contributed by atoms with Crippen LogP contribution in [0.4, 0.5) is 0 Å². The van der Waals surface area contributed by atoms with E-state index in [1.165, 1.54) is 19.5 Å². The SMILES string of the molecule is COc1ncc(CNC(CO)C(=O)O)cn1. The van der Waals surface area contributed by atoms with Crippen molar-refractivity contribution in [1.29, 1.82) is 0 Å². The highest BCUT2D eigenvalue weighted by atomic mass is 16.5. The third kappa shape index (κ3) is 3.44. The Balaban J connectivity index is 2.50. The van der Waals surface area contributed by atoms with Gasteiger partial charge in [-0.25, -0.2) is 9.97 Å². The summed E-state index contributed by atoms with van der Waals surface area (Å²) in [7, 11) is 1.46. The predicted molar refractivity (Wildman–Crippen MR) is 53.9 cm³/mol. The molecule has 0 aromatic carbocycles. The second-order valence-corrected chi connectivity index (χ2v) is 3.03. The molecule has 0 radical (unpaired) electrons. The van der Waals surface area contributed by atoms with Crippen LogP contribution in [0.25, 0.3) is 0 Å². The highest BCUT2D eigenvalue weighted by Gasteiger charge is 2.14. The van der Waals surface area contributed by atoms with E-state index < -0.39 is 18.6 Å². The van der Waals surface area contributed by atoms with Crippen LogP contribution in [0.3, 0.4) is 0 Å². The maximum Gasteiger partial charge on any atom is 0.323 e. The van der Waals surface area contributed by atoms with Gasteiger partial charge in [-0.15, -0.1) is 0 Å².